The van der Waals surface area contributed by atoms with Gasteiger partial charge in [-0.3, -0.25) is 4.79 Å². The normalized spacial score (nSPS) is 11.6. The highest BCUT2D eigenvalue weighted by Crippen LogP contribution is 2.29. The summed E-state index contributed by atoms with van der Waals surface area (Å²) < 4.78 is 38.1. The quantitative estimate of drug-likeness (QED) is 0.832. The lowest BCUT2D eigenvalue weighted by Crippen LogP contribution is -2.28. The van der Waals surface area contributed by atoms with Gasteiger partial charge in [-0.25, -0.2) is 0 Å². The van der Waals surface area contributed by atoms with Crippen LogP contribution in [0.15, 0.2) is 16.7 Å². The van der Waals surface area contributed by atoms with Crippen molar-refractivity contribution < 1.29 is 18.0 Å². The molecule has 0 unspecified atom stereocenters. The number of alkyl halides is 3. The summed E-state index contributed by atoms with van der Waals surface area (Å²) in [5, 5.41) is 2.46. The first kappa shape index (κ1) is 15.4. The van der Waals surface area contributed by atoms with E-state index in [2.05, 4.69) is 21.2 Å². The lowest BCUT2D eigenvalue weighted by molar-refractivity contribution is -0.0327. The second kappa shape index (κ2) is 6.51. The van der Waals surface area contributed by atoms with Crippen LogP contribution in [0.4, 0.5) is 13.2 Å². The Kier molecular flexibility index (Phi) is 5.58. The van der Waals surface area contributed by atoms with Crippen molar-refractivity contribution >= 4 is 33.6 Å². The Labute approximate surface area is 115 Å². The zero-order valence-corrected chi connectivity index (χ0v) is 12.0. The predicted octanol–water partition coefficient (Wildman–Crippen LogP) is 3.25. The number of halogens is 4. The molecule has 0 atom stereocenters. The average Bonchev–Trinajstić information content (AvgIpc) is 2.64. The van der Waals surface area contributed by atoms with Crippen molar-refractivity contribution in [3.8, 4) is 0 Å². The van der Waals surface area contributed by atoms with Crippen LogP contribution in [0.2, 0.25) is 0 Å². The molecule has 8 heteroatoms. The number of hydrogen-bond acceptors (Lipinski definition) is 2. The van der Waals surface area contributed by atoms with Gasteiger partial charge in [0.1, 0.15) is 5.69 Å². The van der Waals surface area contributed by atoms with E-state index in [-0.39, 0.29) is 30.0 Å². The Balaban J connectivity index is 2.45. The minimum Gasteiger partial charge on any atom is -0.350 e. The molecule has 0 saturated carbocycles. The molecule has 0 bridgehead atoms. The largest absolute Gasteiger partial charge is 0.441 e. The molecule has 0 aliphatic heterocycles. The van der Waals surface area contributed by atoms with E-state index in [0.29, 0.717) is 12.2 Å². The van der Waals surface area contributed by atoms with Crippen LogP contribution >= 0.6 is 27.7 Å². The number of aromatic nitrogens is 1. The van der Waals surface area contributed by atoms with E-state index >= 15 is 0 Å². The molecule has 18 heavy (non-hydrogen) atoms. The van der Waals surface area contributed by atoms with Gasteiger partial charge in [0.2, 0.25) is 0 Å². The summed E-state index contributed by atoms with van der Waals surface area (Å²) in [7, 11) is 0. The van der Waals surface area contributed by atoms with Crippen LogP contribution in [-0.4, -0.2) is 28.3 Å². The molecule has 0 radical (unpaired) electrons. The standard InChI is InChI=1S/C10H12BrF3N2OS/c1-2-16-6-7(11)5-8(16)9(17)15-3-4-18-10(12,13)14/h5-6H,2-4H2,1H3,(H,15,17). The first-order chi connectivity index (χ1) is 8.33. The molecular weight excluding hydrogens is 333 g/mol. The Morgan fingerprint density at radius 2 is 2.22 bits per heavy atom. The fourth-order valence-corrected chi connectivity index (χ4v) is 2.25. The van der Waals surface area contributed by atoms with Gasteiger partial charge in [0.25, 0.3) is 5.91 Å². The number of nitrogens with one attached hydrogen (secondary N) is 1. The Morgan fingerprint density at radius 3 is 2.78 bits per heavy atom. The second-order valence-corrected chi connectivity index (χ2v) is 5.46. The molecule has 0 aromatic carbocycles. The van der Waals surface area contributed by atoms with Gasteiger partial charge < -0.3 is 9.88 Å². The molecule has 0 aliphatic carbocycles. The zero-order chi connectivity index (χ0) is 13.8. The number of thioether (sulfide) groups is 1. The van der Waals surface area contributed by atoms with Gasteiger partial charge in [0, 0.05) is 29.5 Å². The molecule has 0 spiro atoms. The SMILES string of the molecule is CCn1cc(Br)cc1C(=O)NCCSC(F)(F)F. The maximum absolute atomic E-state index is 11.9. The van der Waals surface area contributed by atoms with E-state index in [1.807, 2.05) is 6.92 Å². The fraction of sp³-hybridized carbons (Fsp3) is 0.500. The molecule has 1 aromatic rings. The summed E-state index contributed by atoms with van der Waals surface area (Å²) in [5.74, 6) is -0.561. The molecule has 1 amide bonds. The number of carbonyl (C=O) groups is 1. The van der Waals surface area contributed by atoms with Crippen molar-refractivity contribution in [3.05, 3.63) is 22.4 Å². The molecular formula is C10H12BrF3N2OS. The Morgan fingerprint density at radius 1 is 1.56 bits per heavy atom. The molecule has 3 nitrogen and oxygen atoms in total. The lowest BCUT2D eigenvalue weighted by atomic mass is 10.4. The zero-order valence-electron chi connectivity index (χ0n) is 9.55. The molecule has 0 aliphatic rings. The van der Waals surface area contributed by atoms with E-state index in [9.17, 15) is 18.0 Å². The van der Waals surface area contributed by atoms with Crippen molar-refractivity contribution in [1.29, 1.82) is 0 Å². The van der Waals surface area contributed by atoms with Crippen LogP contribution in [0.5, 0.6) is 0 Å². The molecule has 1 N–H and O–H groups in total. The third-order valence-corrected chi connectivity index (χ3v) is 3.26. The predicted molar refractivity (Wildman–Crippen MR) is 68.7 cm³/mol. The highest BCUT2D eigenvalue weighted by molar-refractivity contribution is 9.10. The Bertz CT molecular complexity index is 420. The summed E-state index contributed by atoms with van der Waals surface area (Å²) in [6, 6.07) is 1.63. The first-order valence-electron chi connectivity index (χ1n) is 5.18. The molecule has 1 heterocycles. The number of amides is 1. The van der Waals surface area contributed by atoms with E-state index in [1.165, 1.54) is 0 Å². The van der Waals surface area contributed by atoms with E-state index in [0.717, 1.165) is 4.47 Å². The number of hydrogen-bond donors (Lipinski definition) is 1. The molecule has 0 saturated heterocycles. The third kappa shape index (κ3) is 4.93. The summed E-state index contributed by atoms with van der Waals surface area (Å²) >= 11 is 3.10. The number of aryl methyl sites for hydroxylation is 1. The highest BCUT2D eigenvalue weighted by Gasteiger charge is 2.27. The smallest absolute Gasteiger partial charge is 0.350 e. The van der Waals surface area contributed by atoms with Gasteiger partial charge >= 0.3 is 5.51 Å². The van der Waals surface area contributed by atoms with Crippen LogP contribution in [0.1, 0.15) is 17.4 Å². The van der Waals surface area contributed by atoms with Crippen molar-refractivity contribution in [2.24, 2.45) is 0 Å². The maximum Gasteiger partial charge on any atom is 0.441 e. The van der Waals surface area contributed by atoms with Crippen molar-refractivity contribution in [1.82, 2.24) is 9.88 Å². The van der Waals surface area contributed by atoms with Crippen LogP contribution in [0.3, 0.4) is 0 Å². The van der Waals surface area contributed by atoms with Gasteiger partial charge in [0.05, 0.1) is 0 Å². The number of rotatable bonds is 5. The van der Waals surface area contributed by atoms with Gasteiger partial charge in [-0.1, -0.05) is 0 Å². The molecule has 0 fully saturated rings. The van der Waals surface area contributed by atoms with E-state index in [1.54, 1.807) is 16.8 Å². The van der Waals surface area contributed by atoms with Gasteiger partial charge in [-0.2, -0.15) is 13.2 Å². The average molecular weight is 345 g/mol. The summed E-state index contributed by atoms with van der Waals surface area (Å²) in [4.78, 5) is 11.7. The monoisotopic (exact) mass is 344 g/mol. The second-order valence-electron chi connectivity index (χ2n) is 3.38. The minimum absolute atomic E-state index is 0.0183. The summed E-state index contributed by atoms with van der Waals surface area (Å²) in [6.45, 7) is 2.48. The third-order valence-electron chi connectivity index (χ3n) is 2.09. The molecule has 102 valence electrons. The van der Waals surface area contributed by atoms with Crippen molar-refractivity contribution in [2.75, 3.05) is 12.3 Å². The van der Waals surface area contributed by atoms with Gasteiger partial charge in [0.15, 0.2) is 0 Å². The van der Waals surface area contributed by atoms with E-state index in [4.69, 9.17) is 0 Å². The first-order valence-corrected chi connectivity index (χ1v) is 6.96. The highest BCUT2D eigenvalue weighted by atomic mass is 79.9. The van der Waals surface area contributed by atoms with Crippen molar-refractivity contribution in [3.63, 3.8) is 0 Å². The van der Waals surface area contributed by atoms with E-state index < -0.39 is 5.51 Å². The maximum atomic E-state index is 11.9. The Hall–Kier alpha value is -0.630. The van der Waals surface area contributed by atoms with Crippen LogP contribution in [0.25, 0.3) is 0 Å². The number of nitrogens with zero attached hydrogens (tertiary/aromatic N) is 1. The molecule has 1 rings (SSSR count). The van der Waals surface area contributed by atoms with Crippen LogP contribution < -0.4 is 5.32 Å². The fourth-order valence-electron chi connectivity index (χ4n) is 1.35. The number of carbonyl (C=O) groups excluding carboxylic acids is 1. The lowest BCUT2D eigenvalue weighted by Gasteiger charge is -2.08. The molecule has 1 aromatic heterocycles. The topological polar surface area (TPSA) is 34.0 Å². The van der Waals surface area contributed by atoms with Crippen LogP contribution in [0, 0.1) is 0 Å². The van der Waals surface area contributed by atoms with Gasteiger partial charge in [-0.15, -0.1) is 0 Å². The summed E-state index contributed by atoms with van der Waals surface area (Å²) in [6.07, 6.45) is 1.75. The summed E-state index contributed by atoms with van der Waals surface area (Å²) in [5.41, 5.74) is -3.82. The van der Waals surface area contributed by atoms with Crippen LogP contribution in [-0.2, 0) is 6.54 Å². The van der Waals surface area contributed by atoms with Gasteiger partial charge in [-0.05, 0) is 40.7 Å². The minimum atomic E-state index is -4.25. The van der Waals surface area contributed by atoms with Crippen molar-refractivity contribution in [2.45, 2.75) is 19.0 Å².